The van der Waals surface area contributed by atoms with Gasteiger partial charge in [-0.2, -0.15) is 0 Å². The summed E-state index contributed by atoms with van der Waals surface area (Å²) in [4.78, 5) is 0. The second-order valence-corrected chi connectivity index (χ2v) is 5.38. The lowest BCUT2D eigenvalue weighted by Gasteiger charge is -2.22. The number of aliphatic hydroxyl groups is 1. The molecule has 0 saturated heterocycles. The Morgan fingerprint density at radius 3 is 2.33 bits per heavy atom. The van der Waals surface area contributed by atoms with Crippen LogP contribution in [0.15, 0.2) is 28.7 Å². The highest BCUT2D eigenvalue weighted by Gasteiger charge is 2.14. The number of nitrogens with one attached hydrogen (secondary N) is 1. The van der Waals surface area contributed by atoms with E-state index in [9.17, 15) is 5.11 Å². The van der Waals surface area contributed by atoms with Gasteiger partial charge in [0.2, 0.25) is 0 Å². The zero-order valence-corrected chi connectivity index (χ0v) is 11.0. The minimum absolute atomic E-state index is 0.254. The van der Waals surface area contributed by atoms with Crippen molar-refractivity contribution >= 4 is 15.9 Å². The highest BCUT2D eigenvalue weighted by atomic mass is 79.9. The zero-order chi connectivity index (χ0) is 11.5. The van der Waals surface area contributed by atoms with Gasteiger partial charge in [0.15, 0.2) is 0 Å². The molecule has 1 rings (SSSR count). The van der Waals surface area contributed by atoms with Gasteiger partial charge in [0.1, 0.15) is 0 Å². The van der Waals surface area contributed by atoms with Crippen LogP contribution in [-0.4, -0.2) is 17.3 Å². The molecular formula is C12H18BrNO. The summed E-state index contributed by atoms with van der Waals surface area (Å²) in [6, 6.07) is 8.46. The molecule has 0 amide bonds. The molecule has 0 radical (unpaired) electrons. The first-order chi connectivity index (χ1) is 6.88. The van der Waals surface area contributed by atoms with Crippen LogP contribution in [-0.2, 0) is 0 Å². The molecule has 0 bridgehead atoms. The van der Waals surface area contributed by atoms with E-state index in [-0.39, 0.29) is 6.04 Å². The van der Waals surface area contributed by atoms with Crippen LogP contribution < -0.4 is 5.32 Å². The normalized spacial score (nSPS) is 13.9. The maximum atomic E-state index is 9.59. The summed E-state index contributed by atoms with van der Waals surface area (Å²) in [6.07, 6.45) is 0. The van der Waals surface area contributed by atoms with Crippen molar-refractivity contribution < 1.29 is 5.11 Å². The third-order valence-corrected chi connectivity index (χ3v) is 2.74. The lowest BCUT2D eigenvalue weighted by Crippen LogP contribution is -2.36. The third-order valence-electron chi connectivity index (χ3n) is 2.21. The van der Waals surface area contributed by atoms with Gasteiger partial charge in [0.05, 0.1) is 5.60 Å². The number of halogens is 1. The summed E-state index contributed by atoms with van der Waals surface area (Å²) in [5.41, 5.74) is 0.561. The fraction of sp³-hybridized carbons (Fsp3) is 0.500. The molecular weight excluding hydrogens is 254 g/mol. The highest BCUT2D eigenvalue weighted by Crippen LogP contribution is 2.16. The highest BCUT2D eigenvalue weighted by molar-refractivity contribution is 9.10. The molecule has 84 valence electrons. The van der Waals surface area contributed by atoms with Crippen molar-refractivity contribution in [3.8, 4) is 0 Å². The molecule has 0 aliphatic carbocycles. The Kier molecular flexibility index (Phi) is 4.32. The molecule has 1 aromatic rings. The van der Waals surface area contributed by atoms with Crippen molar-refractivity contribution in [1.29, 1.82) is 0 Å². The van der Waals surface area contributed by atoms with Crippen molar-refractivity contribution in [2.24, 2.45) is 0 Å². The van der Waals surface area contributed by atoms with Crippen molar-refractivity contribution in [3.63, 3.8) is 0 Å². The van der Waals surface area contributed by atoms with Crippen LogP contribution in [0, 0.1) is 0 Å². The van der Waals surface area contributed by atoms with Crippen molar-refractivity contribution in [1.82, 2.24) is 5.32 Å². The van der Waals surface area contributed by atoms with Crippen LogP contribution in [0.1, 0.15) is 32.4 Å². The van der Waals surface area contributed by atoms with Gasteiger partial charge in [-0.1, -0.05) is 28.1 Å². The van der Waals surface area contributed by atoms with E-state index in [2.05, 4.69) is 40.3 Å². The Morgan fingerprint density at radius 2 is 1.87 bits per heavy atom. The fourth-order valence-electron chi connectivity index (χ4n) is 1.27. The van der Waals surface area contributed by atoms with E-state index < -0.39 is 5.60 Å². The van der Waals surface area contributed by atoms with Crippen LogP contribution in [0.25, 0.3) is 0 Å². The molecule has 0 aromatic heterocycles. The summed E-state index contributed by atoms with van der Waals surface area (Å²) in [5, 5.41) is 12.9. The fourth-order valence-corrected chi connectivity index (χ4v) is 1.54. The van der Waals surface area contributed by atoms with Gasteiger partial charge in [0.25, 0.3) is 0 Å². The monoisotopic (exact) mass is 271 g/mol. The lowest BCUT2D eigenvalue weighted by molar-refractivity contribution is 0.0770. The van der Waals surface area contributed by atoms with E-state index in [0.29, 0.717) is 6.54 Å². The van der Waals surface area contributed by atoms with Crippen LogP contribution in [0.2, 0.25) is 0 Å². The summed E-state index contributed by atoms with van der Waals surface area (Å²) >= 11 is 3.40. The third kappa shape index (κ3) is 4.78. The molecule has 0 aliphatic heterocycles. The van der Waals surface area contributed by atoms with Gasteiger partial charge in [-0.15, -0.1) is 0 Å². The van der Waals surface area contributed by atoms with Crippen molar-refractivity contribution in [3.05, 3.63) is 34.3 Å². The first kappa shape index (κ1) is 12.7. The summed E-state index contributed by atoms with van der Waals surface area (Å²) in [5.74, 6) is 0. The zero-order valence-electron chi connectivity index (χ0n) is 9.42. The van der Waals surface area contributed by atoms with Gasteiger partial charge >= 0.3 is 0 Å². The second kappa shape index (κ2) is 5.10. The standard InChI is InChI=1S/C12H18BrNO/c1-9(14-8-12(2,3)15)10-4-6-11(13)7-5-10/h4-7,9,14-15H,8H2,1-3H3. The molecule has 0 fully saturated rings. The van der Waals surface area contributed by atoms with E-state index >= 15 is 0 Å². The molecule has 0 aliphatic rings. The molecule has 2 N–H and O–H groups in total. The molecule has 1 unspecified atom stereocenters. The SMILES string of the molecule is CC(NCC(C)(C)O)c1ccc(Br)cc1. The molecule has 0 saturated carbocycles. The minimum Gasteiger partial charge on any atom is -0.389 e. The van der Waals surface area contributed by atoms with Crippen molar-refractivity contribution in [2.75, 3.05) is 6.54 Å². The van der Waals surface area contributed by atoms with Gasteiger partial charge < -0.3 is 10.4 Å². The molecule has 15 heavy (non-hydrogen) atoms. The number of hydrogen-bond donors (Lipinski definition) is 2. The largest absolute Gasteiger partial charge is 0.389 e. The lowest BCUT2D eigenvalue weighted by atomic mass is 10.1. The second-order valence-electron chi connectivity index (χ2n) is 4.47. The average molecular weight is 272 g/mol. The van der Waals surface area contributed by atoms with E-state index in [0.717, 1.165) is 4.47 Å². The van der Waals surface area contributed by atoms with E-state index in [1.807, 2.05) is 12.1 Å². The Bertz CT molecular complexity index is 302. The van der Waals surface area contributed by atoms with Crippen molar-refractivity contribution in [2.45, 2.75) is 32.4 Å². The summed E-state index contributed by atoms with van der Waals surface area (Å²) in [6.45, 7) is 6.28. The average Bonchev–Trinajstić information content (AvgIpc) is 2.14. The van der Waals surface area contributed by atoms with Gasteiger partial charge in [0, 0.05) is 17.1 Å². The predicted octanol–water partition coefficient (Wildman–Crippen LogP) is 2.87. The van der Waals surface area contributed by atoms with Crippen LogP contribution in [0.5, 0.6) is 0 Å². The van der Waals surface area contributed by atoms with Gasteiger partial charge in [-0.3, -0.25) is 0 Å². The Morgan fingerprint density at radius 1 is 1.33 bits per heavy atom. The molecule has 0 spiro atoms. The van der Waals surface area contributed by atoms with E-state index in [1.165, 1.54) is 5.56 Å². The van der Waals surface area contributed by atoms with Gasteiger partial charge in [-0.25, -0.2) is 0 Å². The maximum absolute atomic E-state index is 9.59. The quantitative estimate of drug-likeness (QED) is 0.883. The first-order valence-electron chi connectivity index (χ1n) is 5.10. The van der Waals surface area contributed by atoms with Crippen LogP contribution in [0.4, 0.5) is 0 Å². The topological polar surface area (TPSA) is 32.3 Å². The number of rotatable bonds is 4. The Labute approximate surface area is 99.8 Å². The summed E-state index contributed by atoms with van der Waals surface area (Å²) in [7, 11) is 0. The molecule has 0 heterocycles. The molecule has 1 aromatic carbocycles. The predicted molar refractivity (Wildman–Crippen MR) is 66.9 cm³/mol. The maximum Gasteiger partial charge on any atom is 0.0715 e. The Hall–Kier alpha value is -0.380. The number of benzene rings is 1. The Balaban J connectivity index is 2.54. The molecule has 1 atom stereocenters. The molecule has 2 nitrogen and oxygen atoms in total. The minimum atomic E-state index is -0.663. The van der Waals surface area contributed by atoms with E-state index in [1.54, 1.807) is 13.8 Å². The smallest absolute Gasteiger partial charge is 0.0715 e. The number of hydrogen-bond acceptors (Lipinski definition) is 2. The summed E-state index contributed by atoms with van der Waals surface area (Å²) < 4.78 is 1.08. The first-order valence-corrected chi connectivity index (χ1v) is 5.89. The molecule has 3 heteroatoms. The van der Waals surface area contributed by atoms with Crippen LogP contribution in [0.3, 0.4) is 0 Å². The van der Waals surface area contributed by atoms with E-state index in [4.69, 9.17) is 0 Å². The van der Waals surface area contributed by atoms with Gasteiger partial charge in [-0.05, 0) is 38.5 Å². The van der Waals surface area contributed by atoms with Crippen LogP contribution >= 0.6 is 15.9 Å².